The van der Waals surface area contributed by atoms with Crippen molar-refractivity contribution < 1.29 is 4.42 Å². The summed E-state index contributed by atoms with van der Waals surface area (Å²) in [7, 11) is 4.07. The molecule has 1 fully saturated rings. The highest BCUT2D eigenvalue weighted by Crippen LogP contribution is 2.43. The summed E-state index contributed by atoms with van der Waals surface area (Å²) in [5.41, 5.74) is 4.31. The molecule has 2 aromatic heterocycles. The number of aryl methyl sites for hydroxylation is 1. The molecule has 3 heterocycles. The van der Waals surface area contributed by atoms with E-state index in [4.69, 9.17) is 16.6 Å². The zero-order valence-corrected chi connectivity index (χ0v) is 20.9. The van der Waals surface area contributed by atoms with E-state index in [2.05, 4.69) is 75.6 Å². The molecule has 0 aliphatic carbocycles. The van der Waals surface area contributed by atoms with Crippen LogP contribution in [0.5, 0.6) is 0 Å². The van der Waals surface area contributed by atoms with Gasteiger partial charge in [-0.1, -0.05) is 35.5 Å². The van der Waals surface area contributed by atoms with Gasteiger partial charge < -0.3 is 19.5 Å². The van der Waals surface area contributed by atoms with Crippen LogP contribution in [0.25, 0.3) is 0 Å². The highest BCUT2D eigenvalue weighted by Gasteiger charge is 2.42. The molecule has 172 valence electrons. The predicted molar refractivity (Wildman–Crippen MR) is 143 cm³/mol. The minimum Gasteiger partial charge on any atom is -0.452 e. The molecule has 0 saturated carbocycles. The van der Waals surface area contributed by atoms with Gasteiger partial charge in [0, 0.05) is 36.6 Å². The van der Waals surface area contributed by atoms with Crippen LogP contribution in [0.15, 0.2) is 99.5 Å². The van der Waals surface area contributed by atoms with Gasteiger partial charge in [-0.3, -0.25) is 4.98 Å². The number of thiocarbonyl (C=S) groups is 1. The monoisotopic (exact) mass is 486 g/mol. The fourth-order valence-corrected chi connectivity index (χ4v) is 5.23. The molecule has 1 saturated heterocycles. The first-order valence-corrected chi connectivity index (χ1v) is 12.3. The molecule has 1 N–H and O–H groups in total. The molecule has 5 nitrogen and oxygen atoms in total. The molecule has 34 heavy (non-hydrogen) atoms. The number of aromatic nitrogens is 1. The molecular formula is C27H26N4OS2. The summed E-state index contributed by atoms with van der Waals surface area (Å²) in [6, 6.07) is 26.6. The van der Waals surface area contributed by atoms with Crippen molar-refractivity contribution >= 4 is 40.5 Å². The molecule has 0 spiro atoms. The lowest BCUT2D eigenvalue weighted by Crippen LogP contribution is -2.29. The Morgan fingerprint density at radius 1 is 0.971 bits per heavy atom. The Hall–Kier alpha value is -3.29. The zero-order valence-electron chi connectivity index (χ0n) is 19.3. The van der Waals surface area contributed by atoms with Crippen LogP contribution in [-0.4, -0.2) is 24.2 Å². The Balaban J connectivity index is 1.51. The fourth-order valence-electron chi connectivity index (χ4n) is 4.10. The first-order valence-electron chi connectivity index (χ1n) is 11.1. The lowest BCUT2D eigenvalue weighted by Gasteiger charge is -2.26. The quantitative estimate of drug-likeness (QED) is 0.317. The van der Waals surface area contributed by atoms with Crippen molar-refractivity contribution in [3.05, 3.63) is 102 Å². The molecule has 5 rings (SSSR count). The standard InChI is InChI=1S/C27H26N4OS2/c1-18-7-13-21(14-8-18)34-24-16-15-23(32-24)26-25(22-6-4-5-17-28-22)29-27(33)31(26)20-11-9-19(10-12-20)30(2)3/h4-17,25-26H,1-3H3,(H,29,33)/t25-,26+/m0/s1. The number of nitrogens with zero attached hydrogens (tertiary/aromatic N) is 3. The van der Waals surface area contributed by atoms with Gasteiger partial charge in [-0.15, -0.1) is 0 Å². The summed E-state index contributed by atoms with van der Waals surface area (Å²) in [5, 5.41) is 4.99. The van der Waals surface area contributed by atoms with E-state index in [0.717, 1.165) is 32.8 Å². The third kappa shape index (κ3) is 4.54. The van der Waals surface area contributed by atoms with Gasteiger partial charge in [0.1, 0.15) is 11.8 Å². The number of furan rings is 1. The van der Waals surface area contributed by atoms with Crippen molar-refractivity contribution in [2.75, 3.05) is 23.9 Å². The lowest BCUT2D eigenvalue weighted by atomic mass is 10.0. The number of hydrogen-bond donors (Lipinski definition) is 1. The molecule has 7 heteroatoms. The average Bonchev–Trinajstić information content (AvgIpc) is 3.45. The second-order valence-corrected chi connectivity index (χ2v) is 9.94. The van der Waals surface area contributed by atoms with E-state index in [0.29, 0.717) is 5.11 Å². The van der Waals surface area contributed by atoms with Gasteiger partial charge in [-0.25, -0.2) is 0 Å². The van der Waals surface area contributed by atoms with Crippen LogP contribution < -0.4 is 15.1 Å². The highest BCUT2D eigenvalue weighted by molar-refractivity contribution is 7.99. The van der Waals surface area contributed by atoms with Crippen LogP contribution >= 0.6 is 24.0 Å². The maximum Gasteiger partial charge on any atom is 0.174 e. The number of hydrogen-bond acceptors (Lipinski definition) is 5. The summed E-state index contributed by atoms with van der Waals surface area (Å²) in [6.07, 6.45) is 1.81. The number of rotatable bonds is 6. The van der Waals surface area contributed by atoms with E-state index in [9.17, 15) is 0 Å². The largest absolute Gasteiger partial charge is 0.452 e. The van der Waals surface area contributed by atoms with Crippen molar-refractivity contribution in [2.24, 2.45) is 0 Å². The zero-order chi connectivity index (χ0) is 23.7. The van der Waals surface area contributed by atoms with Crippen molar-refractivity contribution in [1.29, 1.82) is 0 Å². The summed E-state index contributed by atoms with van der Waals surface area (Å²) in [6.45, 7) is 2.09. The van der Waals surface area contributed by atoms with Gasteiger partial charge in [0.2, 0.25) is 0 Å². The smallest absolute Gasteiger partial charge is 0.174 e. The summed E-state index contributed by atoms with van der Waals surface area (Å²) in [5.74, 6) is 0.842. The third-order valence-corrected chi connectivity index (χ3v) is 7.12. The molecule has 2 aromatic carbocycles. The second kappa shape index (κ2) is 9.52. The van der Waals surface area contributed by atoms with Gasteiger partial charge >= 0.3 is 0 Å². The Bertz CT molecular complexity index is 1270. The maximum atomic E-state index is 6.40. The molecule has 0 bridgehead atoms. The predicted octanol–water partition coefficient (Wildman–Crippen LogP) is 6.38. The van der Waals surface area contributed by atoms with Gasteiger partial charge in [-0.2, -0.15) is 0 Å². The summed E-state index contributed by atoms with van der Waals surface area (Å²) in [4.78, 5) is 9.97. The molecule has 1 aliphatic rings. The molecule has 1 aliphatic heterocycles. The Morgan fingerprint density at radius 3 is 2.41 bits per heavy atom. The van der Waals surface area contributed by atoms with Crippen molar-refractivity contribution in [2.45, 2.75) is 29.0 Å². The number of pyridine rings is 1. The van der Waals surface area contributed by atoms with E-state index in [1.165, 1.54) is 5.56 Å². The third-order valence-electron chi connectivity index (χ3n) is 5.88. The van der Waals surface area contributed by atoms with E-state index in [-0.39, 0.29) is 12.1 Å². The molecule has 0 radical (unpaired) electrons. The van der Waals surface area contributed by atoms with Gasteiger partial charge in [-0.05, 0) is 79.8 Å². The molecular weight excluding hydrogens is 460 g/mol. The minimum absolute atomic E-state index is 0.134. The van der Waals surface area contributed by atoms with Crippen LogP contribution in [0.2, 0.25) is 0 Å². The van der Waals surface area contributed by atoms with Gasteiger partial charge in [0.15, 0.2) is 10.2 Å². The van der Waals surface area contributed by atoms with Crippen LogP contribution in [-0.2, 0) is 0 Å². The Kier molecular flexibility index (Phi) is 6.30. The number of nitrogens with one attached hydrogen (secondary N) is 1. The van der Waals surface area contributed by atoms with Crippen molar-refractivity contribution in [3.8, 4) is 0 Å². The first kappa shape index (κ1) is 22.5. The topological polar surface area (TPSA) is 44.5 Å². The van der Waals surface area contributed by atoms with Gasteiger partial charge in [0.25, 0.3) is 0 Å². The number of anilines is 2. The van der Waals surface area contributed by atoms with E-state index >= 15 is 0 Å². The average molecular weight is 487 g/mol. The van der Waals surface area contributed by atoms with E-state index in [1.54, 1.807) is 11.8 Å². The molecule has 4 aromatic rings. The minimum atomic E-state index is -0.167. The Labute approximate surface area is 209 Å². The SMILES string of the molecule is Cc1ccc(Sc2ccc([C@@H]3[C@H](c4ccccn4)NC(=S)N3c3ccc(N(C)C)cc3)o2)cc1. The normalized spacial score (nSPS) is 17.6. The van der Waals surface area contributed by atoms with Crippen LogP contribution in [0.1, 0.15) is 29.1 Å². The second-order valence-electron chi connectivity index (χ2n) is 8.48. The van der Waals surface area contributed by atoms with Crippen LogP contribution in [0, 0.1) is 6.92 Å². The van der Waals surface area contributed by atoms with E-state index < -0.39 is 0 Å². The van der Waals surface area contributed by atoms with Gasteiger partial charge in [0.05, 0.1) is 11.7 Å². The van der Waals surface area contributed by atoms with Crippen molar-refractivity contribution in [3.63, 3.8) is 0 Å². The van der Waals surface area contributed by atoms with E-state index in [1.807, 2.05) is 50.6 Å². The lowest BCUT2D eigenvalue weighted by molar-refractivity contribution is 0.383. The van der Waals surface area contributed by atoms with Crippen LogP contribution in [0.3, 0.4) is 0 Å². The van der Waals surface area contributed by atoms with Crippen molar-refractivity contribution in [1.82, 2.24) is 10.3 Å². The maximum absolute atomic E-state index is 6.40. The highest BCUT2D eigenvalue weighted by atomic mass is 32.2. The summed E-state index contributed by atoms with van der Waals surface area (Å²) >= 11 is 7.43. The molecule has 0 unspecified atom stereocenters. The Morgan fingerprint density at radius 2 is 1.74 bits per heavy atom. The molecule has 2 atom stereocenters. The summed E-state index contributed by atoms with van der Waals surface area (Å²) < 4.78 is 6.40. The number of benzene rings is 2. The van der Waals surface area contributed by atoms with Crippen LogP contribution in [0.4, 0.5) is 11.4 Å². The molecule has 0 amide bonds. The fraction of sp³-hybridized carbons (Fsp3) is 0.185. The first-order chi connectivity index (χ1) is 16.5.